The van der Waals surface area contributed by atoms with Gasteiger partial charge < -0.3 is 10.2 Å². The maximum absolute atomic E-state index is 8.90. The molecule has 1 saturated heterocycles. The summed E-state index contributed by atoms with van der Waals surface area (Å²) in [4.78, 5) is 2.45. The van der Waals surface area contributed by atoms with E-state index in [-0.39, 0.29) is 11.1 Å². The number of nitrogens with zero attached hydrogens (tertiary/aromatic N) is 2. The quantitative estimate of drug-likeness (QED) is 0.840. The van der Waals surface area contributed by atoms with Crippen LogP contribution >= 0.6 is 0 Å². The van der Waals surface area contributed by atoms with E-state index in [1.165, 1.54) is 5.69 Å². The smallest absolute Gasteiger partial charge is 0.0991 e. The second kappa shape index (κ2) is 4.86. The number of nitrogens with one attached hydrogen (secondary N) is 1. The van der Waals surface area contributed by atoms with Crippen molar-refractivity contribution >= 4 is 5.69 Å². The molecule has 0 atom stereocenters. The van der Waals surface area contributed by atoms with Gasteiger partial charge in [0.1, 0.15) is 0 Å². The normalized spacial score (nSPS) is 21.5. The Bertz CT molecular complexity index is 480. The molecule has 2 rings (SSSR count). The number of anilines is 1. The first-order valence-electron chi connectivity index (χ1n) is 6.87. The summed E-state index contributed by atoms with van der Waals surface area (Å²) in [6.07, 6.45) is 1.11. The SMILES string of the molecule is CC1(C)CN(c2ccc(C#N)cc2)C(C)(C)CCN1. The van der Waals surface area contributed by atoms with Crippen LogP contribution in [-0.2, 0) is 0 Å². The van der Waals surface area contributed by atoms with Crippen molar-refractivity contribution in [2.45, 2.75) is 45.2 Å². The van der Waals surface area contributed by atoms with Crippen LogP contribution < -0.4 is 10.2 Å². The van der Waals surface area contributed by atoms with Gasteiger partial charge in [0.05, 0.1) is 11.6 Å². The molecule has 3 heteroatoms. The Balaban J connectivity index is 2.34. The zero-order chi connectivity index (χ0) is 14.1. The maximum atomic E-state index is 8.90. The summed E-state index contributed by atoms with van der Waals surface area (Å²) in [5, 5.41) is 12.5. The molecule has 3 nitrogen and oxygen atoms in total. The van der Waals surface area contributed by atoms with Crippen molar-refractivity contribution in [1.82, 2.24) is 5.32 Å². The zero-order valence-corrected chi connectivity index (χ0v) is 12.3. The first kappa shape index (κ1) is 13.9. The molecule has 1 fully saturated rings. The largest absolute Gasteiger partial charge is 0.365 e. The average Bonchev–Trinajstić information content (AvgIpc) is 2.45. The predicted octanol–water partition coefficient (Wildman–Crippen LogP) is 2.92. The van der Waals surface area contributed by atoms with Crippen molar-refractivity contribution in [3.63, 3.8) is 0 Å². The highest BCUT2D eigenvalue weighted by Crippen LogP contribution is 2.30. The molecule has 0 amide bonds. The first-order valence-corrected chi connectivity index (χ1v) is 6.87. The van der Waals surface area contributed by atoms with E-state index in [2.05, 4.69) is 56.1 Å². The second-order valence-corrected chi connectivity index (χ2v) is 6.62. The Kier molecular flexibility index (Phi) is 3.56. The lowest BCUT2D eigenvalue weighted by atomic mass is 9.96. The van der Waals surface area contributed by atoms with Crippen molar-refractivity contribution in [3.8, 4) is 6.07 Å². The topological polar surface area (TPSA) is 39.1 Å². The highest BCUT2D eigenvalue weighted by molar-refractivity contribution is 5.52. The molecular weight excluding hydrogens is 234 g/mol. The highest BCUT2D eigenvalue weighted by atomic mass is 15.2. The molecule has 0 unspecified atom stereocenters. The van der Waals surface area contributed by atoms with Gasteiger partial charge in [-0.15, -0.1) is 0 Å². The molecular formula is C16H23N3. The summed E-state index contributed by atoms with van der Waals surface area (Å²) in [5.41, 5.74) is 2.13. The van der Waals surface area contributed by atoms with Gasteiger partial charge in [0.25, 0.3) is 0 Å². The summed E-state index contributed by atoms with van der Waals surface area (Å²) in [7, 11) is 0. The third-order valence-corrected chi connectivity index (χ3v) is 3.93. The van der Waals surface area contributed by atoms with Crippen molar-refractivity contribution < 1.29 is 0 Å². The Morgan fingerprint density at radius 2 is 1.79 bits per heavy atom. The van der Waals surface area contributed by atoms with E-state index in [1.807, 2.05) is 12.1 Å². The number of benzene rings is 1. The van der Waals surface area contributed by atoms with Crippen LogP contribution in [0.3, 0.4) is 0 Å². The highest BCUT2D eigenvalue weighted by Gasteiger charge is 2.34. The Morgan fingerprint density at radius 1 is 1.16 bits per heavy atom. The minimum Gasteiger partial charge on any atom is -0.365 e. The summed E-state index contributed by atoms with van der Waals surface area (Å²) >= 11 is 0. The number of rotatable bonds is 1. The average molecular weight is 257 g/mol. The molecule has 1 aromatic carbocycles. The monoisotopic (exact) mass is 257 g/mol. The summed E-state index contributed by atoms with van der Waals surface area (Å²) < 4.78 is 0. The van der Waals surface area contributed by atoms with E-state index >= 15 is 0 Å². The Hall–Kier alpha value is -1.53. The fourth-order valence-electron chi connectivity index (χ4n) is 2.66. The van der Waals surface area contributed by atoms with E-state index in [9.17, 15) is 0 Å². The molecule has 1 aromatic rings. The molecule has 1 N–H and O–H groups in total. The first-order chi connectivity index (χ1) is 8.84. The lowest BCUT2D eigenvalue weighted by Crippen LogP contribution is -2.51. The third-order valence-electron chi connectivity index (χ3n) is 3.93. The molecule has 1 aliphatic rings. The Labute approximate surface area is 116 Å². The molecule has 0 saturated carbocycles. The van der Waals surface area contributed by atoms with Crippen LogP contribution in [0.1, 0.15) is 39.7 Å². The van der Waals surface area contributed by atoms with Crippen LogP contribution in [0.2, 0.25) is 0 Å². The van der Waals surface area contributed by atoms with Crippen molar-refractivity contribution in [2.75, 3.05) is 18.0 Å². The van der Waals surface area contributed by atoms with Crippen LogP contribution in [-0.4, -0.2) is 24.2 Å². The molecule has 19 heavy (non-hydrogen) atoms. The maximum Gasteiger partial charge on any atom is 0.0991 e. The van der Waals surface area contributed by atoms with Gasteiger partial charge in [-0.2, -0.15) is 5.26 Å². The third kappa shape index (κ3) is 3.08. The van der Waals surface area contributed by atoms with Gasteiger partial charge in [-0.3, -0.25) is 0 Å². The molecule has 0 spiro atoms. The second-order valence-electron chi connectivity index (χ2n) is 6.62. The molecule has 0 aromatic heterocycles. The molecule has 0 aliphatic carbocycles. The molecule has 1 heterocycles. The minimum atomic E-state index is 0.0989. The fraction of sp³-hybridized carbons (Fsp3) is 0.562. The zero-order valence-electron chi connectivity index (χ0n) is 12.3. The van der Waals surface area contributed by atoms with Gasteiger partial charge >= 0.3 is 0 Å². The number of hydrogen-bond donors (Lipinski definition) is 1. The van der Waals surface area contributed by atoms with E-state index < -0.39 is 0 Å². The van der Waals surface area contributed by atoms with Crippen molar-refractivity contribution in [1.29, 1.82) is 5.26 Å². The van der Waals surface area contributed by atoms with Crippen LogP contribution in [0.5, 0.6) is 0 Å². The van der Waals surface area contributed by atoms with Gasteiger partial charge in [-0.25, -0.2) is 0 Å². The summed E-state index contributed by atoms with van der Waals surface area (Å²) in [5.74, 6) is 0. The van der Waals surface area contributed by atoms with Gasteiger partial charge in [0.15, 0.2) is 0 Å². The van der Waals surface area contributed by atoms with E-state index in [4.69, 9.17) is 5.26 Å². The van der Waals surface area contributed by atoms with Gasteiger partial charge in [0, 0.05) is 23.3 Å². The van der Waals surface area contributed by atoms with E-state index in [1.54, 1.807) is 0 Å². The lowest BCUT2D eigenvalue weighted by Gasteiger charge is -2.41. The lowest BCUT2D eigenvalue weighted by molar-refractivity contribution is 0.409. The summed E-state index contributed by atoms with van der Waals surface area (Å²) in [6, 6.07) is 10.1. The molecule has 0 bridgehead atoms. The molecule has 0 radical (unpaired) electrons. The fourth-order valence-corrected chi connectivity index (χ4v) is 2.66. The van der Waals surface area contributed by atoms with Crippen molar-refractivity contribution in [3.05, 3.63) is 29.8 Å². The summed E-state index contributed by atoms with van der Waals surface area (Å²) in [6.45, 7) is 11.1. The van der Waals surface area contributed by atoms with Crippen molar-refractivity contribution in [2.24, 2.45) is 0 Å². The van der Waals surface area contributed by atoms with Crippen LogP contribution in [0.25, 0.3) is 0 Å². The minimum absolute atomic E-state index is 0.0989. The van der Waals surface area contributed by atoms with Gasteiger partial charge in [-0.1, -0.05) is 0 Å². The van der Waals surface area contributed by atoms with Gasteiger partial charge in [-0.05, 0) is 64.9 Å². The van der Waals surface area contributed by atoms with Crippen LogP contribution in [0.4, 0.5) is 5.69 Å². The molecule has 1 aliphatic heterocycles. The van der Waals surface area contributed by atoms with E-state index in [0.717, 1.165) is 19.5 Å². The van der Waals surface area contributed by atoms with Crippen LogP contribution in [0, 0.1) is 11.3 Å². The number of nitriles is 1. The van der Waals surface area contributed by atoms with Crippen LogP contribution in [0.15, 0.2) is 24.3 Å². The molecule has 102 valence electrons. The number of hydrogen-bond acceptors (Lipinski definition) is 3. The van der Waals surface area contributed by atoms with Gasteiger partial charge in [0.2, 0.25) is 0 Å². The standard InChI is InChI=1S/C16H23N3/c1-15(2)12-19(16(3,4)9-10-18-15)14-7-5-13(11-17)6-8-14/h5-8,18H,9-10,12H2,1-4H3. The Morgan fingerprint density at radius 3 is 2.37 bits per heavy atom. The predicted molar refractivity (Wildman–Crippen MR) is 79.3 cm³/mol. The van der Waals surface area contributed by atoms with E-state index in [0.29, 0.717) is 5.56 Å².